The standard InChI is InChI=1S/C12H6N4O6S/c17-15(18)7-3-4-10(8(6-7)16(19)20)23-12-14-13-11(22-12)9-2-1-5-21-9/h1-6H. The van der Waals surface area contributed by atoms with Crippen LogP contribution in [-0.2, 0) is 0 Å². The second kappa shape index (κ2) is 5.88. The third-order valence-electron chi connectivity index (χ3n) is 2.69. The lowest BCUT2D eigenvalue weighted by Crippen LogP contribution is -1.94. The summed E-state index contributed by atoms with van der Waals surface area (Å²) in [6.45, 7) is 0. The van der Waals surface area contributed by atoms with Crippen LogP contribution in [0.1, 0.15) is 0 Å². The van der Waals surface area contributed by atoms with E-state index >= 15 is 0 Å². The Morgan fingerprint density at radius 3 is 2.57 bits per heavy atom. The molecule has 1 aromatic carbocycles. The summed E-state index contributed by atoms with van der Waals surface area (Å²) in [4.78, 5) is 20.5. The van der Waals surface area contributed by atoms with Gasteiger partial charge in [-0.05, 0) is 30.0 Å². The first-order valence-corrected chi connectivity index (χ1v) is 6.84. The number of non-ortho nitro benzene ring substituents is 1. The molecule has 0 unspecified atom stereocenters. The number of aromatic nitrogens is 2. The fourth-order valence-electron chi connectivity index (χ4n) is 1.69. The fourth-order valence-corrected chi connectivity index (χ4v) is 2.46. The zero-order valence-corrected chi connectivity index (χ0v) is 11.9. The third kappa shape index (κ3) is 3.03. The van der Waals surface area contributed by atoms with Crippen LogP contribution < -0.4 is 0 Å². The van der Waals surface area contributed by atoms with Crippen LogP contribution in [0.5, 0.6) is 0 Å². The van der Waals surface area contributed by atoms with Gasteiger partial charge in [0.05, 0.1) is 27.1 Å². The molecule has 2 heterocycles. The van der Waals surface area contributed by atoms with Crippen molar-refractivity contribution in [1.29, 1.82) is 0 Å². The summed E-state index contributed by atoms with van der Waals surface area (Å²) in [5, 5.41) is 29.3. The van der Waals surface area contributed by atoms with Gasteiger partial charge in [0.25, 0.3) is 22.5 Å². The van der Waals surface area contributed by atoms with E-state index < -0.39 is 15.5 Å². The summed E-state index contributed by atoms with van der Waals surface area (Å²) in [5.41, 5.74) is -0.787. The molecule has 10 nitrogen and oxygen atoms in total. The van der Waals surface area contributed by atoms with Crippen molar-refractivity contribution in [3.05, 3.63) is 56.8 Å². The summed E-state index contributed by atoms with van der Waals surface area (Å²) in [7, 11) is 0. The van der Waals surface area contributed by atoms with Crippen molar-refractivity contribution >= 4 is 23.1 Å². The van der Waals surface area contributed by atoms with E-state index in [4.69, 9.17) is 8.83 Å². The van der Waals surface area contributed by atoms with Gasteiger partial charge in [-0.1, -0.05) is 0 Å². The predicted octanol–water partition coefficient (Wildman–Crippen LogP) is 3.30. The van der Waals surface area contributed by atoms with Gasteiger partial charge in [-0.25, -0.2) is 0 Å². The van der Waals surface area contributed by atoms with Gasteiger partial charge in [-0.15, -0.1) is 10.2 Å². The SMILES string of the molecule is O=[N+]([O-])c1ccc(Sc2nnc(-c3ccco3)o2)c([N+](=O)[O-])c1. The molecule has 0 radical (unpaired) electrons. The third-order valence-corrected chi connectivity index (χ3v) is 3.59. The van der Waals surface area contributed by atoms with Crippen molar-refractivity contribution in [2.45, 2.75) is 10.1 Å². The summed E-state index contributed by atoms with van der Waals surface area (Å²) >= 11 is 0.835. The van der Waals surface area contributed by atoms with Crippen molar-refractivity contribution in [1.82, 2.24) is 10.2 Å². The Kier molecular flexibility index (Phi) is 3.76. The van der Waals surface area contributed by atoms with Crippen LogP contribution in [0.4, 0.5) is 11.4 Å². The Labute approximate surface area is 131 Å². The van der Waals surface area contributed by atoms with Gasteiger partial charge in [-0.2, -0.15) is 0 Å². The van der Waals surface area contributed by atoms with Gasteiger partial charge in [0.15, 0.2) is 5.76 Å². The van der Waals surface area contributed by atoms with Gasteiger partial charge < -0.3 is 8.83 Å². The van der Waals surface area contributed by atoms with Crippen LogP contribution in [-0.4, -0.2) is 20.0 Å². The fraction of sp³-hybridized carbons (Fsp3) is 0. The average molecular weight is 334 g/mol. The number of nitro benzene ring substituents is 2. The van der Waals surface area contributed by atoms with Crippen molar-refractivity contribution in [3.63, 3.8) is 0 Å². The Morgan fingerprint density at radius 1 is 1.09 bits per heavy atom. The summed E-state index contributed by atoms with van der Waals surface area (Å²) < 4.78 is 10.4. The Hall–Kier alpha value is -3.21. The lowest BCUT2D eigenvalue weighted by atomic mass is 10.3. The molecule has 0 amide bonds. The monoisotopic (exact) mass is 334 g/mol. The average Bonchev–Trinajstić information content (AvgIpc) is 3.17. The van der Waals surface area contributed by atoms with Crippen molar-refractivity contribution in [2.24, 2.45) is 0 Å². The highest BCUT2D eigenvalue weighted by molar-refractivity contribution is 7.99. The van der Waals surface area contributed by atoms with Gasteiger partial charge in [0.1, 0.15) is 0 Å². The Balaban J connectivity index is 1.91. The van der Waals surface area contributed by atoms with E-state index in [0.717, 1.165) is 17.8 Å². The van der Waals surface area contributed by atoms with Crippen LogP contribution in [0.25, 0.3) is 11.7 Å². The zero-order valence-electron chi connectivity index (χ0n) is 11.1. The maximum absolute atomic E-state index is 11.1. The number of hydrogen-bond donors (Lipinski definition) is 0. The molecule has 0 fully saturated rings. The smallest absolute Gasteiger partial charge is 0.290 e. The maximum atomic E-state index is 11.1. The number of rotatable bonds is 5. The number of hydrogen-bond acceptors (Lipinski definition) is 9. The zero-order chi connectivity index (χ0) is 16.4. The van der Waals surface area contributed by atoms with Crippen molar-refractivity contribution in [2.75, 3.05) is 0 Å². The number of furan rings is 1. The lowest BCUT2D eigenvalue weighted by Gasteiger charge is -1.99. The highest BCUT2D eigenvalue weighted by Crippen LogP contribution is 2.37. The normalized spacial score (nSPS) is 10.6. The molecule has 116 valence electrons. The van der Waals surface area contributed by atoms with E-state index in [-0.39, 0.29) is 21.7 Å². The maximum Gasteiger partial charge on any atom is 0.290 e. The second-order valence-corrected chi connectivity index (χ2v) is 5.11. The van der Waals surface area contributed by atoms with Crippen LogP contribution in [0.3, 0.4) is 0 Å². The van der Waals surface area contributed by atoms with Gasteiger partial charge in [0.2, 0.25) is 0 Å². The van der Waals surface area contributed by atoms with Crippen LogP contribution in [0, 0.1) is 20.2 Å². The summed E-state index contributed by atoms with van der Waals surface area (Å²) in [6, 6.07) is 6.58. The molecule has 0 aliphatic carbocycles. The molecule has 3 rings (SSSR count). The molecular weight excluding hydrogens is 328 g/mol. The first kappa shape index (κ1) is 14.7. The number of nitrogens with zero attached hydrogens (tertiary/aromatic N) is 4. The van der Waals surface area contributed by atoms with E-state index in [1.807, 2.05) is 0 Å². The Bertz CT molecular complexity index is 876. The molecule has 3 aromatic rings. The highest BCUT2D eigenvalue weighted by atomic mass is 32.2. The topological polar surface area (TPSA) is 138 Å². The first-order valence-electron chi connectivity index (χ1n) is 6.02. The molecule has 0 bridgehead atoms. The molecule has 2 aromatic heterocycles. The quantitative estimate of drug-likeness (QED) is 0.507. The molecule has 0 saturated carbocycles. The van der Waals surface area contributed by atoms with Crippen LogP contribution in [0.15, 0.2) is 55.5 Å². The number of nitro groups is 2. The predicted molar refractivity (Wildman–Crippen MR) is 75.9 cm³/mol. The minimum absolute atomic E-state index is 0.0494. The minimum atomic E-state index is -0.709. The molecule has 11 heteroatoms. The molecule has 0 saturated heterocycles. The molecule has 23 heavy (non-hydrogen) atoms. The lowest BCUT2D eigenvalue weighted by molar-refractivity contribution is -0.396. The van der Waals surface area contributed by atoms with Gasteiger partial charge in [0, 0.05) is 6.07 Å². The van der Waals surface area contributed by atoms with E-state index in [2.05, 4.69) is 10.2 Å². The molecule has 0 aliphatic rings. The highest BCUT2D eigenvalue weighted by Gasteiger charge is 2.22. The Morgan fingerprint density at radius 2 is 1.91 bits per heavy atom. The summed E-state index contributed by atoms with van der Waals surface area (Å²) in [5.74, 6) is 0.490. The molecule has 0 aliphatic heterocycles. The minimum Gasteiger partial charge on any atom is -0.459 e. The molecule has 0 atom stereocenters. The molecule has 0 spiro atoms. The van der Waals surface area contributed by atoms with Crippen molar-refractivity contribution < 1.29 is 18.7 Å². The molecular formula is C12H6N4O6S. The van der Waals surface area contributed by atoms with E-state index in [0.29, 0.717) is 5.76 Å². The van der Waals surface area contributed by atoms with E-state index in [1.54, 1.807) is 12.1 Å². The van der Waals surface area contributed by atoms with Gasteiger partial charge in [-0.3, -0.25) is 20.2 Å². The first-order chi connectivity index (χ1) is 11.0. The van der Waals surface area contributed by atoms with E-state index in [1.165, 1.54) is 18.4 Å². The second-order valence-electron chi connectivity index (χ2n) is 4.12. The number of benzene rings is 1. The van der Waals surface area contributed by atoms with Gasteiger partial charge >= 0.3 is 0 Å². The summed E-state index contributed by atoms with van der Waals surface area (Å²) in [6.07, 6.45) is 1.44. The van der Waals surface area contributed by atoms with Crippen LogP contribution in [0.2, 0.25) is 0 Å². The molecule has 0 N–H and O–H groups in total. The van der Waals surface area contributed by atoms with Crippen LogP contribution >= 0.6 is 11.8 Å². The largest absolute Gasteiger partial charge is 0.459 e. The van der Waals surface area contributed by atoms with Crippen molar-refractivity contribution in [3.8, 4) is 11.7 Å². The van der Waals surface area contributed by atoms with E-state index in [9.17, 15) is 20.2 Å².